The first-order valence-electron chi connectivity index (χ1n) is 3.73. The number of carbonyl (C=O) groups excluding carboxylic acids is 1. The van der Waals surface area contributed by atoms with Crippen LogP contribution in [0.3, 0.4) is 0 Å². The molecule has 0 fully saturated rings. The van der Waals surface area contributed by atoms with Crippen LogP contribution in [0.2, 0.25) is 0 Å². The lowest BCUT2D eigenvalue weighted by Gasteiger charge is -2.08. The van der Waals surface area contributed by atoms with Crippen LogP contribution >= 0.6 is 0 Å². The molecule has 0 unspecified atom stereocenters. The fourth-order valence-corrected chi connectivity index (χ4v) is 1.23. The highest BCUT2D eigenvalue weighted by Crippen LogP contribution is 2.12. The van der Waals surface area contributed by atoms with Crippen molar-refractivity contribution >= 4 is 17.8 Å². The summed E-state index contributed by atoms with van der Waals surface area (Å²) in [7, 11) is 0. The Bertz CT molecular complexity index is 421. The maximum atomic E-state index is 11.1. The highest BCUT2D eigenvalue weighted by atomic mass is 16.4. The summed E-state index contributed by atoms with van der Waals surface area (Å²) in [6.45, 7) is 0. The van der Waals surface area contributed by atoms with Crippen LogP contribution in [-0.4, -0.2) is 23.0 Å². The van der Waals surface area contributed by atoms with Crippen molar-refractivity contribution in [2.45, 2.75) is 0 Å². The number of nitrogens with zero attached hydrogens (tertiary/aromatic N) is 2. The average Bonchev–Trinajstić information content (AvgIpc) is 2.18. The largest absolute Gasteiger partial charge is 0.410 e. The molecule has 0 aromatic heterocycles. The van der Waals surface area contributed by atoms with Gasteiger partial charge in [-0.2, -0.15) is 0 Å². The average molecular weight is 174 g/mol. The summed E-state index contributed by atoms with van der Waals surface area (Å²) in [4.78, 5) is 14.7. The SMILES string of the molecule is O=C1N=Cc2ccccc2/C1=N/O. The minimum absolute atomic E-state index is 0.00176. The van der Waals surface area contributed by atoms with Gasteiger partial charge in [-0.15, -0.1) is 0 Å². The lowest BCUT2D eigenvalue weighted by Crippen LogP contribution is -2.19. The van der Waals surface area contributed by atoms with Gasteiger partial charge in [0.25, 0.3) is 5.91 Å². The molecular formula is C9H6N2O2. The lowest BCUT2D eigenvalue weighted by molar-refractivity contribution is -0.111. The van der Waals surface area contributed by atoms with Gasteiger partial charge >= 0.3 is 0 Å². The maximum absolute atomic E-state index is 11.1. The van der Waals surface area contributed by atoms with Crippen molar-refractivity contribution in [2.24, 2.45) is 10.1 Å². The van der Waals surface area contributed by atoms with E-state index < -0.39 is 5.91 Å². The minimum Gasteiger partial charge on any atom is -0.410 e. The number of carbonyl (C=O) groups is 1. The van der Waals surface area contributed by atoms with E-state index in [0.717, 1.165) is 5.56 Å². The predicted molar refractivity (Wildman–Crippen MR) is 47.4 cm³/mol. The number of amides is 1. The van der Waals surface area contributed by atoms with Crippen molar-refractivity contribution in [3.8, 4) is 0 Å². The van der Waals surface area contributed by atoms with E-state index in [1.54, 1.807) is 18.2 Å². The van der Waals surface area contributed by atoms with Crippen molar-refractivity contribution < 1.29 is 10.0 Å². The zero-order valence-corrected chi connectivity index (χ0v) is 6.64. The first-order valence-corrected chi connectivity index (χ1v) is 3.73. The molecule has 4 nitrogen and oxygen atoms in total. The Morgan fingerprint density at radius 1 is 1.31 bits per heavy atom. The summed E-state index contributed by atoms with van der Waals surface area (Å²) in [6, 6.07) is 7.12. The van der Waals surface area contributed by atoms with E-state index in [1.165, 1.54) is 6.21 Å². The second-order valence-electron chi connectivity index (χ2n) is 2.60. The Balaban J connectivity index is 2.67. The molecule has 1 aromatic carbocycles. The molecule has 0 bridgehead atoms. The smallest absolute Gasteiger partial charge is 0.299 e. The van der Waals surface area contributed by atoms with Gasteiger partial charge < -0.3 is 5.21 Å². The van der Waals surface area contributed by atoms with E-state index in [9.17, 15) is 4.79 Å². The number of aliphatic imine (C=N–C) groups is 1. The number of oxime groups is 1. The zero-order valence-electron chi connectivity index (χ0n) is 6.64. The van der Waals surface area contributed by atoms with Crippen molar-refractivity contribution in [3.63, 3.8) is 0 Å². The molecule has 0 saturated carbocycles. The summed E-state index contributed by atoms with van der Waals surface area (Å²) in [5.74, 6) is -0.513. The van der Waals surface area contributed by atoms with Gasteiger partial charge in [0.2, 0.25) is 0 Å². The number of hydrogen-bond donors (Lipinski definition) is 1. The third-order valence-corrected chi connectivity index (χ3v) is 1.84. The summed E-state index contributed by atoms with van der Waals surface area (Å²) >= 11 is 0. The van der Waals surface area contributed by atoms with Gasteiger partial charge in [-0.25, -0.2) is 4.99 Å². The Labute approximate surface area is 74.2 Å². The minimum atomic E-state index is -0.513. The molecular weight excluding hydrogens is 168 g/mol. The number of hydrogen-bond acceptors (Lipinski definition) is 3. The fourth-order valence-electron chi connectivity index (χ4n) is 1.23. The molecule has 1 aliphatic heterocycles. The second-order valence-corrected chi connectivity index (χ2v) is 2.60. The van der Waals surface area contributed by atoms with Crippen molar-refractivity contribution in [1.29, 1.82) is 0 Å². The molecule has 0 spiro atoms. The molecule has 0 aliphatic carbocycles. The van der Waals surface area contributed by atoms with E-state index >= 15 is 0 Å². The molecule has 0 atom stereocenters. The number of fused-ring (bicyclic) bond motifs is 1. The predicted octanol–water partition coefficient (Wildman–Crippen LogP) is 0.824. The molecule has 64 valence electrons. The molecule has 1 aliphatic rings. The molecule has 0 saturated heterocycles. The molecule has 1 aromatic rings. The van der Waals surface area contributed by atoms with E-state index in [1.807, 2.05) is 6.07 Å². The molecule has 0 radical (unpaired) electrons. The topological polar surface area (TPSA) is 62.0 Å². The fraction of sp³-hybridized carbons (Fsp3) is 0. The van der Waals surface area contributed by atoms with Gasteiger partial charge in [0.05, 0.1) is 0 Å². The molecule has 4 heteroatoms. The summed E-state index contributed by atoms with van der Waals surface area (Å²) in [5.41, 5.74) is 1.40. The highest BCUT2D eigenvalue weighted by molar-refractivity contribution is 6.49. The van der Waals surface area contributed by atoms with E-state index in [0.29, 0.717) is 5.56 Å². The number of rotatable bonds is 0. The summed E-state index contributed by atoms with van der Waals surface area (Å²) < 4.78 is 0. The van der Waals surface area contributed by atoms with E-state index in [-0.39, 0.29) is 5.71 Å². The maximum Gasteiger partial charge on any atom is 0.299 e. The Kier molecular flexibility index (Phi) is 1.66. The van der Waals surface area contributed by atoms with Gasteiger partial charge in [-0.1, -0.05) is 29.4 Å². The zero-order chi connectivity index (χ0) is 9.26. The van der Waals surface area contributed by atoms with Crippen LogP contribution in [0.1, 0.15) is 11.1 Å². The van der Waals surface area contributed by atoms with Gasteiger partial charge in [-0.05, 0) is 0 Å². The van der Waals surface area contributed by atoms with Gasteiger partial charge in [0.15, 0.2) is 5.71 Å². The highest BCUT2D eigenvalue weighted by Gasteiger charge is 2.19. The van der Waals surface area contributed by atoms with Gasteiger partial charge in [-0.3, -0.25) is 4.79 Å². The van der Waals surface area contributed by atoms with E-state index in [2.05, 4.69) is 10.1 Å². The van der Waals surface area contributed by atoms with E-state index in [4.69, 9.17) is 5.21 Å². The first-order chi connectivity index (χ1) is 6.33. The van der Waals surface area contributed by atoms with Gasteiger partial charge in [0.1, 0.15) is 0 Å². The Morgan fingerprint density at radius 3 is 2.85 bits per heavy atom. The van der Waals surface area contributed by atoms with Crippen molar-refractivity contribution in [1.82, 2.24) is 0 Å². The first kappa shape index (κ1) is 7.67. The summed E-state index contributed by atoms with van der Waals surface area (Å²) in [5, 5.41) is 11.5. The second kappa shape index (κ2) is 2.82. The van der Waals surface area contributed by atoms with Crippen molar-refractivity contribution in [3.05, 3.63) is 35.4 Å². The number of benzene rings is 1. The van der Waals surface area contributed by atoms with Crippen LogP contribution < -0.4 is 0 Å². The van der Waals surface area contributed by atoms with Crippen LogP contribution in [0.4, 0.5) is 0 Å². The third-order valence-electron chi connectivity index (χ3n) is 1.84. The molecule has 1 amide bonds. The molecule has 1 heterocycles. The molecule has 2 rings (SSSR count). The standard InChI is InChI=1S/C9H6N2O2/c12-9-8(11-13)7-4-2-1-3-6(7)5-10-9/h1-5,13H/b11-8-. The Hall–Kier alpha value is -1.97. The van der Waals surface area contributed by atoms with Crippen LogP contribution in [0, 0.1) is 0 Å². The van der Waals surface area contributed by atoms with Crippen molar-refractivity contribution in [2.75, 3.05) is 0 Å². The Morgan fingerprint density at radius 2 is 2.08 bits per heavy atom. The molecule has 1 N–H and O–H groups in total. The van der Waals surface area contributed by atoms with Gasteiger partial charge in [0, 0.05) is 17.3 Å². The summed E-state index contributed by atoms with van der Waals surface area (Å²) in [6.07, 6.45) is 1.46. The normalized spacial score (nSPS) is 17.5. The van der Waals surface area contributed by atoms with Crippen LogP contribution in [0.5, 0.6) is 0 Å². The third kappa shape index (κ3) is 1.12. The quantitative estimate of drug-likeness (QED) is 0.467. The van der Waals surface area contributed by atoms with Crippen LogP contribution in [0.15, 0.2) is 34.4 Å². The van der Waals surface area contributed by atoms with Crippen LogP contribution in [0.25, 0.3) is 0 Å². The molecule has 13 heavy (non-hydrogen) atoms. The van der Waals surface area contributed by atoms with Crippen LogP contribution in [-0.2, 0) is 4.79 Å². The lowest BCUT2D eigenvalue weighted by atomic mass is 10.0. The monoisotopic (exact) mass is 174 g/mol.